The molecule has 0 spiro atoms. The molecule has 4 heterocycles. The molecule has 4 saturated heterocycles. The number of hydrogen-bond acceptors (Lipinski definition) is 8. The van der Waals surface area contributed by atoms with Gasteiger partial charge < -0.3 is 20.4 Å². The van der Waals surface area contributed by atoms with Crippen LogP contribution in [0.25, 0.3) is 0 Å². The van der Waals surface area contributed by atoms with Crippen LogP contribution in [0.5, 0.6) is 0 Å². The van der Waals surface area contributed by atoms with E-state index in [0.717, 1.165) is 156 Å². The summed E-state index contributed by atoms with van der Waals surface area (Å²) in [5, 5.41) is 0. The summed E-state index contributed by atoms with van der Waals surface area (Å²) in [5.41, 5.74) is 11.4. The van der Waals surface area contributed by atoms with E-state index in [0.29, 0.717) is 11.8 Å². The zero-order chi connectivity index (χ0) is 47.2. The van der Waals surface area contributed by atoms with Crippen LogP contribution in [-0.4, -0.2) is 125 Å². The van der Waals surface area contributed by atoms with Gasteiger partial charge >= 0.3 is 37.7 Å². The van der Waals surface area contributed by atoms with Gasteiger partial charge in [-0.2, -0.15) is 24.1 Å². The molecule has 0 saturated carbocycles. The Bertz CT molecular complexity index is 1810. The molecule has 0 amide bonds. The molecule has 4 unspecified atom stereocenters. The molecule has 4 aromatic rings. The molecule has 8 nitrogen and oxygen atoms in total. The quantitative estimate of drug-likeness (QED) is 0.0795. The molecule has 4 atom stereocenters. The average molecular weight is 943 g/mol. The zero-order valence-corrected chi connectivity index (χ0v) is 44.6. The van der Waals surface area contributed by atoms with Gasteiger partial charge in [-0.15, -0.1) is 12.1 Å². The summed E-state index contributed by atoms with van der Waals surface area (Å²) in [6.07, 6.45) is 10.9. The topological polar surface area (TPSA) is 49.9 Å². The molecule has 8 rings (SSSR count). The van der Waals surface area contributed by atoms with Crippen LogP contribution in [-0.2, 0) is 51.5 Å². The first-order valence-corrected chi connectivity index (χ1v) is 26.8. The minimum absolute atomic E-state index is 0. The van der Waals surface area contributed by atoms with E-state index in [-0.39, 0.29) is 39.1 Å². The molecular weight excluding hydrogens is 855 g/mol. The Morgan fingerprint density at radius 1 is 0.429 bits per heavy atom. The predicted molar refractivity (Wildman–Crippen MR) is 281 cm³/mol. The third-order valence-electron chi connectivity index (χ3n) is 15.1. The Labute approximate surface area is 450 Å². The average Bonchev–Trinajstić information content (AvgIpc) is 3.39. The van der Waals surface area contributed by atoms with Crippen molar-refractivity contribution < 1.29 is 58.1 Å². The Hall–Kier alpha value is -2.38. The predicted octanol–water partition coefficient (Wildman–Crippen LogP) is 5.14. The van der Waals surface area contributed by atoms with Crippen molar-refractivity contribution in [2.45, 2.75) is 111 Å². The number of aryl methyl sites for hydroxylation is 1. The maximum Gasteiger partial charge on any atom is 1.00 e. The molecule has 0 N–H and O–H groups in total. The molecule has 0 aromatic heterocycles. The Morgan fingerprint density at radius 2 is 0.729 bits per heavy atom. The van der Waals surface area contributed by atoms with E-state index in [2.05, 4.69) is 151 Å². The maximum absolute atomic E-state index is 5.49. The van der Waals surface area contributed by atoms with Crippen molar-refractivity contribution in [2.24, 2.45) is 11.8 Å². The standard InChI is InChI=1S/C30H44N2O2.C30H43N2O2.2Li.H/c2*1-3-25(2)22-30(29-11-9-28(10-12-29)24-32-16-20-34-21-17-32)13-8-26-4-6-27(7-5-26)23-31-14-18-33-19-15-31;;;/h4-7,9-12,25,30H,3,8,13-24H2,1-2H3;4-12,25,30H,3,13-24H2,1-2H3;;;/q;-1;2*+1;-1. The first-order chi connectivity index (χ1) is 33.4. The maximum atomic E-state index is 5.49. The summed E-state index contributed by atoms with van der Waals surface area (Å²) in [4.78, 5) is 9.96. The summed E-state index contributed by atoms with van der Waals surface area (Å²) in [6.45, 7) is 28.8. The van der Waals surface area contributed by atoms with Gasteiger partial charge in [0.1, 0.15) is 0 Å². The van der Waals surface area contributed by atoms with Crippen LogP contribution in [0.3, 0.4) is 0 Å². The summed E-state index contributed by atoms with van der Waals surface area (Å²) in [6, 6.07) is 37.5. The summed E-state index contributed by atoms with van der Waals surface area (Å²) >= 11 is 0. The van der Waals surface area contributed by atoms with Crippen LogP contribution < -0.4 is 37.7 Å². The minimum Gasteiger partial charge on any atom is -1.00 e. The van der Waals surface area contributed by atoms with Crippen LogP contribution in [0.15, 0.2) is 97.1 Å². The molecule has 0 bridgehead atoms. The number of benzene rings is 4. The van der Waals surface area contributed by atoms with Crippen molar-refractivity contribution >= 4 is 0 Å². The molecule has 4 aliphatic heterocycles. The largest absolute Gasteiger partial charge is 1.00 e. The second-order valence-electron chi connectivity index (χ2n) is 20.5. The molecule has 4 aliphatic rings. The Morgan fingerprint density at radius 3 is 1.09 bits per heavy atom. The normalized spacial score (nSPS) is 19.1. The SMILES string of the molecule is CCC(C)CC(CCc1ccc(CN2CCOCC2)cc1)c1ccc(CN2CCOCC2)cc1.CCC(C)CC(C[CH-]c1ccc(CN2CCOCC2)cc1)c1ccc(CN2CCOCC2)cc1.[H-].[Li+].[Li+]. The van der Waals surface area contributed by atoms with E-state index in [1.54, 1.807) is 0 Å². The zero-order valence-electron chi connectivity index (χ0n) is 45.6. The van der Waals surface area contributed by atoms with Crippen molar-refractivity contribution in [3.8, 4) is 0 Å². The molecule has 4 fully saturated rings. The van der Waals surface area contributed by atoms with Gasteiger partial charge in [-0.1, -0.05) is 125 Å². The number of nitrogens with zero attached hydrogens (tertiary/aromatic N) is 4. The van der Waals surface area contributed by atoms with Gasteiger partial charge in [0.25, 0.3) is 0 Å². The first-order valence-electron chi connectivity index (χ1n) is 26.8. The van der Waals surface area contributed by atoms with Gasteiger partial charge in [-0.05, 0) is 82.7 Å². The van der Waals surface area contributed by atoms with Crippen molar-refractivity contribution in [3.05, 3.63) is 148 Å². The van der Waals surface area contributed by atoms with Crippen LogP contribution in [0.4, 0.5) is 0 Å². The van der Waals surface area contributed by atoms with Gasteiger partial charge in [-0.3, -0.25) is 19.6 Å². The first kappa shape index (κ1) is 58.5. The van der Waals surface area contributed by atoms with Gasteiger partial charge in [0, 0.05) is 78.5 Å². The summed E-state index contributed by atoms with van der Waals surface area (Å²) in [5.74, 6) is 2.69. The molecule has 0 aliphatic carbocycles. The van der Waals surface area contributed by atoms with Gasteiger partial charge in [0.15, 0.2) is 0 Å². The fourth-order valence-corrected chi connectivity index (χ4v) is 10.1. The van der Waals surface area contributed by atoms with Gasteiger partial charge in [0.05, 0.1) is 52.9 Å². The van der Waals surface area contributed by atoms with Gasteiger partial charge in [0.2, 0.25) is 0 Å². The van der Waals surface area contributed by atoms with Crippen LogP contribution in [0.2, 0.25) is 0 Å². The minimum atomic E-state index is 0. The molecule has 0 radical (unpaired) electrons. The second-order valence-corrected chi connectivity index (χ2v) is 20.5. The van der Waals surface area contributed by atoms with Crippen LogP contribution in [0, 0.1) is 18.3 Å². The molecule has 374 valence electrons. The van der Waals surface area contributed by atoms with E-state index in [1.807, 2.05) is 0 Å². The van der Waals surface area contributed by atoms with Crippen molar-refractivity contribution in [1.82, 2.24) is 19.6 Å². The van der Waals surface area contributed by atoms with E-state index in [1.165, 1.54) is 76.6 Å². The monoisotopic (exact) mass is 943 g/mol. The summed E-state index contributed by atoms with van der Waals surface area (Å²) in [7, 11) is 0. The molecule has 10 heteroatoms. The fraction of sp³-hybridized carbons (Fsp3) is 0.583. The van der Waals surface area contributed by atoms with Crippen molar-refractivity contribution in [3.63, 3.8) is 0 Å². The molecule has 70 heavy (non-hydrogen) atoms. The Balaban J connectivity index is 0.000000296. The smallest absolute Gasteiger partial charge is 1.00 e. The van der Waals surface area contributed by atoms with E-state index in [4.69, 9.17) is 18.9 Å². The van der Waals surface area contributed by atoms with Crippen LogP contribution in [0.1, 0.15) is 124 Å². The number of ether oxygens (including phenoxy) is 4. The summed E-state index contributed by atoms with van der Waals surface area (Å²) < 4.78 is 21.9. The van der Waals surface area contributed by atoms with Crippen LogP contribution >= 0.6 is 0 Å². The molecular formula is C60H88Li2N4O4. The number of hydrogen-bond donors (Lipinski definition) is 0. The van der Waals surface area contributed by atoms with Crippen molar-refractivity contribution in [2.75, 3.05) is 105 Å². The third-order valence-corrected chi connectivity index (χ3v) is 15.1. The van der Waals surface area contributed by atoms with Gasteiger partial charge in [-0.25, -0.2) is 0 Å². The van der Waals surface area contributed by atoms with E-state index in [9.17, 15) is 0 Å². The number of morpholine rings is 4. The molecule has 4 aromatic carbocycles. The van der Waals surface area contributed by atoms with Crippen molar-refractivity contribution in [1.29, 1.82) is 0 Å². The Kier molecular flexibility index (Phi) is 27.4. The third kappa shape index (κ3) is 20.5. The van der Waals surface area contributed by atoms with E-state index >= 15 is 0 Å². The fourth-order valence-electron chi connectivity index (χ4n) is 10.1. The number of rotatable bonds is 22. The van der Waals surface area contributed by atoms with E-state index < -0.39 is 0 Å². The second kappa shape index (κ2) is 32.7.